The van der Waals surface area contributed by atoms with Gasteiger partial charge < -0.3 is 10.6 Å². The zero-order valence-corrected chi connectivity index (χ0v) is 11.1. The average molecular weight is 254 g/mol. The van der Waals surface area contributed by atoms with Gasteiger partial charge in [-0.05, 0) is 36.6 Å². The van der Waals surface area contributed by atoms with Crippen molar-refractivity contribution < 1.29 is 0 Å². The van der Waals surface area contributed by atoms with Gasteiger partial charge in [0.05, 0.1) is 6.54 Å². The molecule has 0 fully saturated rings. The molecule has 2 heterocycles. The minimum Gasteiger partial charge on any atom is -0.363 e. The standard InChI is InChI=1S/C15H18N4/c1-11(16)12-3-4-14-13(9-12)5-8-19(14)10-15-17-6-2-7-18-15/h2-4,6-7,9,11H,5,8,10,16H2,1H3. The van der Waals surface area contributed by atoms with Crippen LogP contribution in [-0.2, 0) is 13.0 Å². The first-order valence-corrected chi connectivity index (χ1v) is 6.63. The van der Waals surface area contributed by atoms with E-state index in [1.54, 1.807) is 12.4 Å². The van der Waals surface area contributed by atoms with Crippen LogP contribution in [-0.4, -0.2) is 16.5 Å². The molecule has 2 aromatic rings. The van der Waals surface area contributed by atoms with Crippen LogP contribution < -0.4 is 10.6 Å². The van der Waals surface area contributed by atoms with Crippen LogP contribution in [0.2, 0.25) is 0 Å². The average Bonchev–Trinajstić information content (AvgIpc) is 2.82. The lowest BCUT2D eigenvalue weighted by atomic mass is 10.0. The molecule has 1 aliphatic heterocycles. The van der Waals surface area contributed by atoms with Gasteiger partial charge in [0.2, 0.25) is 0 Å². The normalized spacial score (nSPS) is 15.4. The van der Waals surface area contributed by atoms with Crippen LogP contribution in [0.5, 0.6) is 0 Å². The fourth-order valence-corrected chi connectivity index (χ4v) is 2.52. The summed E-state index contributed by atoms with van der Waals surface area (Å²) in [6.07, 6.45) is 4.65. The summed E-state index contributed by atoms with van der Waals surface area (Å²) < 4.78 is 0. The van der Waals surface area contributed by atoms with Crippen molar-refractivity contribution in [3.05, 3.63) is 53.6 Å². The molecule has 0 spiro atoms. The summed E-state index contributed by atoms with van der Waals surface area (Å²) in [5.74, 6) is 0.867. The molecular weight excluding hydrogens is 236 g/mol. The first-order valence-electron chi connectivity index (χ1n) is 6.63. The quantitative estimate of drug-likeness (QED) is 0.911. The van der Waals surface area contributed by atoms with E-state index in [9.17, 15) is 0 Å². The molecule has 0 bridgehead atoms. The number of fused-ring (bicyclic) bond motifs is 1. The molecule has 3 rings (SSSR count). The van der Waals surface area contributed by atoms with Crippen LogP contribution >= 0.6 is 0 Å². The highest BCUT2D eigenvalue weighted by Crippen LogP contribution is 2.30. The predicted molar refractivity (Wildman–Crippen MR) is 75.8 cm³/mol. The van der Waals surface area contributed by atoms with Gasteiger partial charge in [0.1, 0.15) is 5.82 Å². The fourth-order valence-electron chi connectivity index (χ4n) is 2.52. The molecule has 1 atom stereocenters. The summed E-state index contributed by atoms with van der Waals surface area (Å²) in [5.41, 5.74) is 9.81. The van der Waals surface area contributed by atoms with Crippen LogP contribution in [0.15, 0.2) is 36.7 Å². The second-order valence-corrected chi connectivity index (χ2v) is 5.01. The molecule has 4 heteroatoms. The van der Waals surface area contributed by atoms with Gasteiger partial charge in [0.15, 0.2) is 0 Å². The van der Waals surface area contributed by atoms with Crippen LogP contribution in [0.4, 0.5) is 5.69 Å². The van der Waals surface area contributed by atoms with Crippen LogP contribution in [0.3, 0.4) is 0 Å². The van der Waals surface area contributed by atoms with Crippen molar-refractivity contribution in [1.29, 1.82) is 0 Å². The number of rotatable bonds is 3. The molecular formula is C15H18N4. The first-order chi connectivity index (χ1) is 9.24. The number of anilines is 1. The lowest BCUT2D eigenvalue weighted by Gasteiger charge is -2.18. The van der Waals surface area contributed by atoms with E-state index in [4.69, 9.17) is 5.73 Å². The van der Waals surface area contributed by atoms with Gasteiger partial charge in [-0.25, -0.2) is 9.97 Å². The lowest BCUT2D eigenvalue weighted by Crippen LogP contribution is -2.21. The van der Waals surface area contributed by atoms with Gasteiger partial charge in [0.25, 0.3) is 0 Å². The van der Waals surface area contributed by atoms with E-state index in [1.807, 2.05) is 13.0 Å². The molecule has 0 amide bonds. The van der Waals surface area contributed by atoms with E-state index in [0.29, 0.717) is 0 Å². The molecule has 2 N–H and O–H groups in total. The highest BCUT2D eigenvalue weighted by molar-refractivity contribution is 5.59. The van der Waals surface area contributed by atoms with Crippen molar-refractivity contribution in [2.75, 3.05) is 11.4 Å². The Balaban J connectivity index is 1.83. The summed E-state index contributed by atoms with van der Waals surface area (Å²) in [7, 11) is 0. The maximum Gasteiger partial charge on any atom is 0.147 e. The Kier molecular flexibility index (Phi) is 3.17. The van der Waals surface area contributed by atoms with E-state index >= 15 is 0 Å². The third-order valence-corrected chi connectivity index (χ3v) is 3.57. The number of nitrogens with two attached hydrogens (primary N) is 1. The Morgan fingerprint density at radius 3 is 2.84 bits per heavy atom. The third kappa shape index (κ3) is 2.44. The van der Waals surface area contributed by atoms with Gasteiger partial charge in [0, 0.05) is 30.7 Å². The topological polar surface area (TPSA) is 55.0 Å². The Hall–Kier alpha value is -1.94. The van der Waals surface area contributed by atoms with Crippen molar-refractivity contribution in [2.45, 2.75) is 25.9 Å². The largest absolute Gasteiger partial charge is 0.363 e. The number of benzene rings is 1. The molecule has 0 radical (unpaired) electrons. The zero-order valence-electron chi connectivity index (χ0n) is 11.1. The van der Waals surface area contributed by atoms with Gasteiger partial charge in [-0.2, -0.15) is 0 Å². The SMILES string of the molecule is CC(N)c1ccc2c(c1)CCN2Cc1ncccn1. The summed E-state index contributed by atoms with van der Waals surface area (Å²) >= 11 is 0. The Morgan fingerprint density at radius 1 is 1.32 bits per heavy atom. The monoisotopic (exact) mass is 254 g/mol. The Bertz CT molecular complexity index is 566. The Morgan fingerprint density at radius 2 is 2.11 bits per heavy atom. The molecule has 98 valence electrons. The van der Waals surface area contributed by atoms with E-state index in [-0.39, 0.29) is 6.04 Å². The molecule has 0 saturated heterocycles. The van der Waals surface area contributed by atoms with Crippen molar-refractivity contribution >= 4 is 5.69 Å². The Labute approximate surface area is 113 Å². The summed E-state index contributed by atoms with van der Waals surface area (Å²) in [6.45, 7) is 3.81. The molecule has 1 aromatic carbocycles. The van der Waals surface area contributed by atoms with Crippen LogP contribution in [0, 0.1) is 0 Å². The van der Waals surface area contributed by atoms with Crippen LogP contribution in [0.1, 0.15) is 29.9 Å². The van der Waals surface area contributed by atoms with E-state index in [2.05, 4.69) is 33.1 Å². The van der Waals surface area contributed by atoms with Crippen molar-refractivity contribution in [2.24, 2.45) is 5.73 Å². The highest BCUT2D eigenvalue weighted by atomic mass is 15.2. The molecule has 1 aliphatic rings. The van der Waals surface area contributed by atoms with Gasteiger partial charge >= 0.3 is 0 Å². The number of nitrogens with zero attached hydrogens (tertiary/aromatic N) is 3. The molecule has 0 aliphatic carbocycles. The van der Waals surface area contributed by atoms with Gasteiger partial charge in [-0.3, -0.25) is 0 Å². The maximum absolute atomic E-state index is 5.93. The number of hydrogen-bond acceptors (Lipinski definition) is 4. The smallest absolute Gasteiger partial charge is 0.147 e. The lowest BCUT2D eigenvalue weighted by molar-refractivity contribution is 0.785. The number of aromatic nitrogens is 2. The first kappa shape index (κ1) is 12.1. The van der Waals surface area contributed by atoms with Crippen LogP contribution in [0.25, 0.3) is 0 Å². The zero-order chi connectivity index (χ0) is 13.2. The maximum atomic E-state index is 5.93. The summed E-state index contributed by atoms with van der Waals surface area (Å²) in [6, 6.07) is 8.46. The molecule has 1 unspecified atom stereocenters. The van der Waals surface area contributed by atoms with Crippen molar-refractivity contribution in [1.82, 2.24) is 9.97 Å². The molecule has 0 saturated carbocycles. The molecule has 1 aromatic heterocycles. The van der Waals surface area contributed by atoms with Crippen molar-refractivity contribution in [3.8, 4) is 0 Å². The number of hydrogen-bond donors (Lipinski definition) is 1. The van der Waals surface area contributed by atoms with E-state index < -0.39 is 0 Å². The van der Waals surface area contributed by atoms with Gasteiger partial charge in [-0.15, -0.1) is 0 Å². The molecule has 4 nitrogen and oxygen atoms in total. The summed E-state index contributed by atoms with van der Waals surface area (Å²) in [5, 5.41) is 0. The fraction of sp³-hybridized carbons (Fsp3) is 0.333. The minimum absolute atomic E-state index is 0.0943. The predicted octanol–water partition coefficient (Wildman–Crippen LogP) is 2.06. The van der Waals surface area contributed by atoms with E-state index in [1.165, 1.54) is 16.8 Å². The second-order valence-electron chi connectivity index (χ2n) is 5.01. The minimum atomic E-state index is 0.0943. The highest BCUT2D eigenvalue weighted by Gasteiger charge is 2.20. The molecule has 19 heavy (non-hydrogen) atoms. The van der Waals surface area contributed by atoms with E-state index in [0.717, 1.165) is 25.3 Å². The summed E-state index contributed by atoms with van der Waals surface area (Å²) in [4.78, 5) is 10.9. The van der Waals surface area contributed by atoms with Crippen molar-refractivity contribution in [3.63, 3.8) is 0 Å². The van der Waals surface area contributed by atoms with Gasteiger partial charge in [-0.1, -0.05) is 12.1 Å². The third-order valence-electron chi connectivity index (χ3n) is 3.57. The second kappa shape index (κ2) is 4.97.